The summed E-state index contributed by atoms with van der Waals surface area (Å²) in [6.07, 6.45) is 0. The van der Waals surface area contributed by atoms with Crippen molar-refractivity contribution in [2.75, 3.05) is 0 Å². The Balaban J connectivity index is 3.14. The quantitative estimate of drug-likeness (QED) is 0.406. The van der Waals surface area contributed by atoms with E-state index in [1.807, 2.05) is 0 Å². The van der Waals surface area contributed by atoms with E-state index in [0.717, 1.165) is 0 Å². The first-order valence-corrected chi connectivity index (χ1v) is 7.00. The largest absolute Gasteiger partial charge is 0.145 e. The summed E-state index contributed by atoms with van der Waals surface area (Å²) < 4.78 is 14.0. The first-order chi connectivity index (χ1) is 3.18. The van der Waals surface area contributed by atoms with Crippen LogP contribution in [0.25, 0.3) is 0 Å². The Morgan fingerprint density at radius 1 is 2.00 bits per heavy atom. The van der Waals surface area contributed by atoms with E-state index in [2.05, 4.69) is 8.93 Å². The van der Waals surface area contributed by atoms with Gasteiger partial charge in [-0.1, -0.05) is 15.8 Å². The third-order valence-electron chi connectivity index (χ3n) is 0.115. The van der Waals surface area contributed by atoms with Gasteiger partial charge in [0.2, 0.25) is 0 Å². The molecule has 0 aliphatic rings. The van der Waals surface area contributed by atoms with Crippen molar-refractivity contribution in [3.63, 3.8) is 0 Å². The zero-order chi connectivity index (χ0) is 5.86. The molecule has 0 nitrogen and oxygen atoms in total. The van der Waals surface area contributed by atoms with Gasteiger partial charge >= 0.3 is 0 Å². The molecule has 0 aliphatic heterocycles. The maximum absolute atomic E-state index is 7.05. The van der Waals surface area contributed by atoms with Crippen LogP contribution in [0.15, 0.2) is 0 Å². The Hall–Kier alpha value is 1.78. The number of rotatable bonds is 2. The highest BCUT2D eigenvalue weighted by atomic mass is 32.6. The van der Waals surface area contributed by atoms with Crippen LogP contribution >= 0.6 is 32.9 Å². The minimum atomic E-state index is -0.887. The Labute approximate surface area is 43.8 Å². The molecule has 5 heteroatoms. The van der Waals surface area contributed by atoms with E-state index in [0.29, 0.717) is 0 Å². The summed E-state index contributed by atoms with van der Waals surface area (Å²) in [5.74, 6) is 0. The fraction of sp³-hybridized carbons (Fsp3) is 0. The van der Waals surface area contributed by atoms with Crippen LogP contribution in [-0.2, 0) is 0 Å². The van der Waals surface area contributed by atoms with Crippen LogP contribution in [-0.4, -0.2) is 10.1 Å². The standard InChI is InChI=1S/BH5P4/c1-3-5-4-2/h3-5H,2H2/i4D,5D. The molecule has 0 bridgehead atoms. The summed E-state index contributed by atoms with van der Waals surface area (Å²) in [7, 11) is 5.84. The molecule has 0 aromatic heterocycles. The van der Waals surface area contributed by atoms with Gasteiger partial charge in [-0.25, -0.2) is 0 Å². The highest BCUT2D eigenvalue weighted by molar-refractivity contribution is 8.60. The van der Waals surface area contributed by atoms with Crippen LogP contribution in [0.1, 0.15) is 0 Å². The predicted octanol–water partition coefficient (Wildman–Crippen LogP) is 1.73. The van der Waals surface area contributed by atoms with E-state index in [9.17, 15) is 0 Å². The molecule has 5 heavy (non-hydrogen) atoms. The van der Waals surface area contributed by atoms with Crippen molar-refractivity contribution in [2.45, 2.75) is 0 Å². The normalized spacial score (nSPS) is 29.0. The van der Waals surface area contributed by atoms with Crippen LogP contribution < -0.4 is 0 Å². The molecule has 0 fully saturated rings. The Morgan fingerprint density at radius 2 is 2.60 bits per heavy atom. The monoisotopic (exact) mass is 142 g/mol. The lowest BCUT2D eigenvalue weighted by atomic mass is 10.8. The van der Waals surface area contributed by atoms with E-state index in [4.69, 9.17) is 10.1 Å². The third kappa shape index (κ3) is 5.78. The molecular formula is H5BP4. The summed E-state index contributed by atoms with van der Waals surface area (Å²) in [4.78, 5) is 0. The molecule has 0 aromatic carbocycles. The topological polar surface area (TPSA) is 0 Å². The van der Waals surface area contributed by atoms with Crippen LogP contribution in [0.4, 0.5) is 0 Å². The Bertz CT molecular complexity index is 47.0. The molecule has 0 aliphatic carbocycles. The van der Waals surface area contributed by atoms with Gasteiger partial charge in [-0.2, -0.15) is 0 Å². The van der Waals surface area contributed by atoms with Gasteiger partial charge in [0.05, 0.1) is 2.56 Å². The van der Waals surface area contributed by atoms with E-state index >= 15 is 0 Å². The second-order valence-corrected chi connectivity index (χ2v) is 6.98. The van der Waals surface area contributed by atoms with Gasteiger partial charge in [-0.3, -0.25) is 0 Å². The first-order valence-electron chi connectivity index (χ1n) is 1.86. The van der Waals surface area contributed by atoms with Crippen LogP contribution in [0.3, 0.4) is 0 Å². The minimum Gasteiger partial charge on any atom is -0.145 e. The van der Waals surface area contributed by atoms with Crippen molar-refractivity contribution >= 4 is 40.4 Å². The lowest BCUT2D eigenvalue weighted by Gasteiger charge is -1.82. The zero-order valence-corrected chi connectivity index (χ0v) is 6.49. The molecule has 0 amide bonds. The van der Waals surface area contributed by atoms with Crippen LogP contribution in [0.5, 0.6) is 0 Å². The molecule has 0 spiro atoms. The molecule has 2 radical (unpaired) electrons. The maximum atomic E-state index is 7.05. The molecule has 0 saturated carbocycles. The van der Waals surface area contributed by atoms with Gasteiger partial charge in [0.15, 0.2) is 0 Å². The zero-order valence-electron chi connectivity index (χ0n) is 4.55. The lowest BCUT2D eigenvalue weighted by molar-refractivity contribution is 4.94. The molecule has 0 N–H and O–H groups in total. The fourth-order valence-electron chi connectivity index (χ4n) is 0.0333. The lowest BCUT2D eigenvalue weighted by Crippen LogP contribution is -1.16. The average molecular weight is 142 g/mol. The fourth-order valence-corrected chi connectivity index (χ4v) is 2.70. The summed E-state index contributed by atoms with van der Waals surface area (Å²) in [6.45, 7) is 0. The maximum Gasteiger partial charge on any atom is 0.110 e. The van der Waals surface area contributed by atoms with Gasteiger partial charge in [0, 0.05) is 0 Å². The second kappa shape index (κ2) is 5.78. The molecular weight excluding hydrogens is 135 g/mol. The smallest absolute Gasteiger partial charge is 0.110 e. The van der Waals surface area contributed by atoms with Crippen LogP contribution in [0.2, 0.25) is 0 Å². The molecule has 0 rings (SSSR count). The van der Waals surface area contributed by atoms with Crippen molar-refractivity contribution in [3.05, 3.63) is 0 Å². The number of hydrogen-bond donors (Lipinski definition) is 0. The molecule has 0 aromatic rings. The van der Waals surface area contributed by atoms with E-state index in [1.54, 1.807) is 0 Å². The minimum absolute atomic E-state index is 0.164. The highest BCUT2D eigenvalue weighted by Gasteiger charge is 1.65. The van der Waals surface area contributed by atoms with Crippen molar-refractivity contribution in [1.29, 1.82) is 2.56 Å². The molecule has 28 valence electrons. The summed E-state index contributed by atoms with van der Waals surface area (Å²) in [5, 5.41) is 0. The van der Waals surface area contributed by atoms with E-state index in [1.165, 1.54) is 0 Å². The van der Waals surface area contributed by atoms with Gasteiger partial charge in [-0.15, -0.1) is 17.1 Å². The van der Waals surface area contributed by atoms with Gasteiger partial charge in [0.1, 0.15) is 7.57 Å². The van der Waals surface area contributed by atoms with Gasteiger partial charge in [-0.05, 0) is 0 Å². The van der Waals surface area contributed by atoms with Crippen molar-refractivity contribution < 1.29 is 0 Å². The molecule has 4 unspecified atom stereocenters. The highest BCUT2D eigenvalue weighted by Crippen LogP contribution is 2.54. The van der Waals surface area contributed by atoms with Crippen LogP contribution in [0, 0.1) is 0 Å². The van der Waals surface area contributed by atoms with Gasteiger partial charge in [0.25, 0.3) is 0 Å². The Kier molecular flexibility index (Phi) is 4.33. The van der Waals surface area contributed by atoms with Crippen molar-refractivity contribution in [2.24, 2.45) is 0 Å². The average Bonchev–Trinajstić information content (AvgIpc) is 1.65. The summed E-state index contributed by atoms with van der Waals surface area (Å²) in [6, 6.07) is 0. The SMILES string of the molecule is [2H]P(P)P([2H])P[B]. The van der Waals surface area contributed by atoms with E-state index < -0.39 is 15.8 Å². The van der Waals surface area contributed by atoms with Crippen molar-refractivity contribution in [3.8, 4) is 0 Å². The molecule has 4 atom stereocenters. The molecule has 0 heterocycles. The van der Waals surface area contributed by atoms with E-state index in [-0.39, 0.29) is 8.15 Å². The van der Waals surface area contributed by atoms with Crippen molar-refractivity contribution in [1.82, 2.24) is 0 Å². The number of hydrogen-bond acceptors (Lipinski definition) is 0. The Morgan fingerprint density at radius 3 is 2.60 bits per heavy atom. The second-order valence-electron chi connectivity index (χ2n) is 0.345. The first kappa shape index (κ1) is 3.75. The third-order valence-corrected chi connectivity index (χ3v) is 6.24. The predicted molar refractivity (Wildman–Crippen MR) is 40.4 cm³/mol. The molecule has 0 saturated heterocycles. The summed E-state index contributed by atoms with van der Waals surface area (Å²) >= 11 is 0. The van der Waals surface area contributed by atoms with Gasteiger partial charge < -0.3 is 0 Å². The summed E-state index contributed by atoms with van der Waals surface area (Å²) in [5.41, 5.74) is 0.